The van der Waals surface area contributed by atoms with Gasteiger partial charge in [0, 0.05) is 12.8 Å². The predicted molar refractivity (Wildman–Crippen MR) is 221 cm³/mol. The van der Waals surface area contributed by atoms with Crippen LogP contribution < -0.4 is 0 Å². The lowest BCUT2D eigenvalue weighted by Crippen LogP contribution is -2.64. The van der Waals surface area contributed by atoms with Gasteiger partial charge in [-0.2, -0.15) is 0 Å². The highest BCUT2D eigenvalue weighted by Gasteiger charge is 2.51. The van der Waals surface area contributed by atoms with Crippen LogP contribution in [0.15, 0.2) is 24.3 Å². The van der Waals surface area contributed by atoms with Gasteiger partial charge in [0.05, 0.1) is 6.61 Å². The number of esters is 2. The summed E-state index contributed by atoms with van der Waals surface area (Å²) in [5.41, 5.74) is 0. The summed E-state index contributed by atoms with van der Waals surface area (Å²) in [5.74, 6) is -1.10. The molecule has 0 aliphatic heterocycles. The first kappa shape index (κ1) is 53.3. The van der Waals surface area contributed by atoms with E-state index >= 15 is 0 Å². The van der Waals surface area contributed by atoms with Crippen molar-refractivity contribution in [1.29, 1.82) is 0 Å². The molecule has 1 rings (SSSR count). The van der Waals surface area contributed by atoms with Crippen molar-refractivity contribution in [3.8, 4) is 0 Å². The SMILES string of the molecule is CCCCC/C=C/C/C=C/CCCCCCCCCCCC(=O)OC[C@@H](COP(=O)(O)OC1C(O)C(O)C(O)[C@H](O)C1O)OC(=O)CCCCCCCCCCC. The highest BCUT2D eigenvalue weighted by atomic mass is 31.2. The minimum atomic E-state index is -5.11. The van der Waals surface area contributed by atoms with Crippen LogP contribution in [0.3, 0.4) is 0 Å². The number of unbranched alkanes of at least 4 members (excludes halogenated alkanes) is 20. The highest BCUT2D eigenvalue weighted by Crippen LogP contribution is 2.47. The van der Waals surface area contributed by atoms with E-state index < -0.39 is 75.7 Å². The standard InChI is InChI=1S/C43H79O13P/c1-3-5-7-9-11-13-14-15-16-17-18-19-20-21-22-24-25-27-29-31-36(44)53-33-35(55-37(45)32-30-28-26-23-12-10-8-6-4-2)34-54-57(51,52)56-43-41(49)39(47)38(46)40(48)42(43)50/h11,13,15-16,35,38-43,46-50H,3-10,12,14,17-34H2,1-2H3,(H,51,52)/b13-11+,16-15+/t35-,38?,39-,40?,41?,42?,43?/m0/s1. The van der Waals surface area contributed by atoms with Crippen LogP contribution in [0.25, 0.3) is 0 Å². The summed E-state index contributed by atoms with van der Waals surface area (Å²) in [6, 6.07) is 0. The zero-order valence-electron chi connectivity index (χ0n) is 35.1. The van der Waals surface area contributed by atoms with Crippen molar-refractivity contribution in [3.63, 3.8) is 0 Å². The molecule has 1 aliphatic rings. The second kappa shape index (κ2) is 34.1. The summed E-state index contributed by atoms with van der Waals surface area (Å²) in [7, 11) is -5.11. The molecule has 0 heterocycles. The molecule has 6 unspecified atom stereocenters. The van der Waals surface area contributed by atoms with Gasteiger partial charge in [-0.05, 0) is 44.9 Å². The van der Waals surface area contributed by atoms with E-state index in [1.54, 1.807) is 0 Å². The van der Waals surface area contributed by atoms with Crippen LogP contribution in [0.1, 0.15) is 181 Å². The molecule has 6 N–H and O–H groups in total. The molecule has 0 radical (unpaired) electrons. The first-order chi connectivity index (χ1) is 27.4. The molecule has 14 heteroatoms. The zero-order valence-corrected chi connectivity index (χ0v) is 36.0. The summed E-state index contributed by atoms with van der Waals surface area (Å²) in [6.45, 7) is 3.23. The summed E-state index contributed by atoms with van der Waals surface area (Å²) in [6.07, 6.45) is 22.5. The normalized spacial score (nSPS) is 22.9. The molecule has 8 atom stereocenters. The molecule has 334 valence electrons. The van der Waals surface area contributed by atoms with Crippen LogP contribution >= 0.6 is 7.82 Å². The Balaban J connectivity index is 2.41. The van der Waals surface area contributed by atoms with Crippen molar-refractivity contribution in [2.75, 3.05) is 13.2 Å². The molecule has 0 aromatic rings. The van der Waals surface area contributed by atoms with Crippen LogP contribution in [0.4, 0.5) is 0 Å². The fourth-order valence-electron chi connectivity index (χ4n) is 6.67. The minimum Gasteiger partial charge on any atom is -0.462 e. The number of phosphoric ester groups is 1. The number of phosphoric acid groups is 1. The zero-order chi connectivity index (χ0) is 42.2. The average Bonchev–Trinajstić information content (AvgIpc) is 3.19. The van der Waals surface area contributed by atoms with Gasteiger partial charge in [-0.3, -0.25) is 18.6 Å². The molecule has 0 amide bonds. The molecular formula is C43H79O13P. The van der Waals surface area contributed by atoms with Crippen molar-refractivity contribution < 1.29 is 63.1 Å². The molecule has 57 heavy (non-hydrogen) atoms. The van der Waals surface area contributed by atoms with E-state index in [1.807, 2.05) is 0 Å². The number of ether oxygens (including phenoxy) is 2. The predicted octanol–water partition coefficient (Wildman–Crippen LogP) is 8.06. The number of hydrogen-bond acceptors (Lipinski definition) is 12. The van der Waals surface area contributed by atoms with Crippen LogP contribution in [-0.2, 0) is 32.7 Å². The van der Waals surface area contributed by atoms with E-state index in [0.29, 0.717) is 12.8 Å². The van der Waals surface area contributed by atoms with Gasteiger partial charge in [-0.15, -0.1) is 0 Å². The van der Waals surface area contributed by atoms with Gasteiger partial charge in [0.1, 0.15) is 43.2 Å². The lowest BCUT2D eigenvalue weighted by atomic mass is 9.85. The van der Waals surface area contributed by atoms with Crippen LogP contribution in [0.5, 0.6) is 0 Å². The second-order valence-electron chi connectivity index (χ2n) is 15.6. The quantitative estimate of drug-likeness (QED) is 0.0153. The molecule has 0 spiro atoms. The highest BCUT2D eigenvalue weighted by molar-refractivity contribution is 7.47. The van der Waals surface area contributed by atoms with Crippen LogP contribution in [-0.4, -0.2) is 98.3 Å². The van der Waals surface area contributed by atoms with Gasteiger partial charge in [0.25, 0.3) is 0 Å². The van der Waals surface area contributed by atoms with Crippen molar-refractivity contribution in [1.82, 2.24) is 0 Å². The van der Waals surface area contributed by atoms with Gasteiger partial charge in [0.15, 0.2) is 6.10 Å². The lowest BCUT2D eigenvalue weighted by molar-refractivity contribution is -0.220. The molecule has 0 aromatic carbocycles. The monoisotopic (exact) mass is 835 g/mol. The maximum Gasteiger partial charge on any atom is 0.472 e. The van der Waals surface area contributed by atoms with Gasteiger partial charge in [0.2, 0.25) is 0 Å². The molecule has 1 fully saturated rings. The fraction of sp³-hybridized carbons (Fsp3) is 0.860. The number of hydrogen-bond donors (Lipinski definition) is 6. The lowest BCUT2D eigenvalue weighted by Gasteiger charge is -2.41. The Morgan fingerprint density at radius 2 is 0.947 bits per heavy atom. The number of carbonyl (C=O) groups is 2. The van der Waals surface area contributed by atoms with Crippen molar-refractivity contribution in [2.24, 2.45) is 0 Å². The first-order valence-corrected chi connectivity index (χ1v) is 23.6. The van der Waals surface area contributed by atoms with E-state index in [9.17, 15) is 44.6 Å². The third-order valence-electron chi connectivity index (χ3n) is 10.3. The van der Waals surface area contributed by atoms with E-state index in [4.69, 9.17) is 18.5 Å². The smallest absolute Gasteiger partial charge is 0.462 e. The summed E-state index contributed by atoms with van der Waals surface area (Å²) in [5, 5.41) is 50.0. The van der Waals surface area contributed by atoms with Crippen LogP contribution in [0, 0.1) is 0 Å². The molecule has 0 saturated heterocycles. The van der Waals surface area contributed by atoms with Crippen molar-refractivity contribution >= 4 is 19.8 Å². The van der Waals surface area contributed by atoms with Gasteiger partial charge in [-0.25, -0.2) is 4.57 Å². The summed E-state index contributed by atoms with van der Waals surface area (Å²) >= 11 is 0. The molecule has 0 aromatic heterocycles. The van der Waals surface area contributed by atoms with Gasteiger partial charge in [-0.1, -0.05) is 147 Å². The Labute approximate surface area is 343 Å². The number of aliphatic hydroxyl groups is 5. The van der Waals surface area contributed by atoms with Gasteiger partial charge < -0.3 is 39.9 Å². The largest absolute Gasteiger partial charge is 0.472 e. The molecule has 1 saturated carbocycles. The maximum atomic E-state index is 12.8. The Morgan fingerprint density at radius 3 is 1.46 bits per heavy atom. The number of allylic oxidation sites excluding steroid dienone is 4. The van der Waals surface area contributed by atoms with E-state index in [1.165, 1.54) is 77.0 Å². The summed E-state index contributed by atoms with van der Waals surface area (Å²) in [4.78, 5) is 35.5. The Morgan fingerprint density at radius 1 is 0.544 bits per heavy atom. The Kier molecular flexibility index (Phi) is 31.9. The second-order valence-corrected chi connectivity index (χ2v) is 17.0. The topological polar surface area (TPSA) is 210 Å². The molecular weight excluding hydrogens is 755 g/mol. The van der Waals surface area contributed by atoms with Crippen LogP contribution in [0.2, 0.25) is 0 Å². The number of carbonyl (C=O) groups excluding carboxylic acids is 2. The molecule has 1 aliphatic carbocycles. The Hall–Kier alpha value is -1.67. The molecule has 0 bridgehead atoms. The third kappa shape index (κ3) is 26.9. The Bertz CT molecular complexity index is 1100. The first-order valence-electron chi connectivity index (χ1n) is 22.1. The van der Waals surface area contributed by atoms with E-state index in [-0.39, 0.29) is 12.8 Å². The minimum absolute atomic E-state index is 0.0981. The van der Waals surface area contributed by atoms with Crippen molar-refractivity contribution in [3.05, 3.63) is 24.3 Å². The van der Waals surface area contributed by atoms with Gasteiger partial charge >= 0.3 is 19.8 Å². The van der Waals surface area contributed by atoms with Crippen molar-refractivity contribution in [2.45, 2.75) is 224 Å². The summed E-state index contributed by atoms with van der Waals surface area (Å²) < 4.78 is 33.4. The van der Waals surface area contributed by atoms with E-state index in [0.717, 1.165) is 64.2 Å². The average molecular weight is 835 g/mol. The number of rotatable bonds is 36. The number of aliphatic hydroxyl groups excluding tert-OH is 5. The fourth-order valence-corrected chi connectivity index (χ4v) is 7.64. The third-order valence-corrected chi connectivity index (χ3v) is 11.3. The molecule has 13 nitrogen and oxygen atoms in total. The maximum absolute atomic E-state index is 12.8. The van der Waals surface area contributed by atoms with E-state index in [2.05, 4.69) is 38.2 Å².